The molecule has 1 fully saturated rings. The van der Waals surface area contributed by atoms with E-state index in [1.54, 1.807) is 0 Å². The highest BCUT2D eigenvalue weighted by atomic mass is 35.5. The Kier molecular flexibility index (Phi) is 4.83. The molecule has 2 rings (SSSR count). The number of hydrogen-bond acceptors (Lipinski definition) is 2. The van der Waals surface area contributed by atoms with Crippen molar-refractivity contribution in [3.63, 3.8) is 0 Å². The van der Waals surface area contributed by atoms with E-state index in [0.29, 0.717) is 0 Å². The van der Waals surface area contributed by atoms with Gasteiger partial charge in [-0.3, -0.25) is 4.79 Å². The molecule has 1 aliphatic heterocycles. The molecular weight excluding hydrogens is 260 g/mol. The molecule has 0 saturated carbocycles. The average molecular weight is 281 g/mol. The Balaban J connectivity index is 2.03. The lowest BCUT2D eigenvalue weighted by atomic mass is 10.0. The van der Waals surface area contributed by atoms with E-state index >= 15 is 0 Å². The van der Waals surface area contributed by atoms with Crippen LogP contribution in [0.5, 0.6) is 0 Å². The van der Waals surface area contributed by atoms with Gasteiger partial charge in [0.25, 0.3) is 0 Å². The van der Waals surface area contributed by atoms with Gasteiger partial charge in [0.05, 0.1) is 12.1 Å². The zero-order chi connectivity index (χ0) is 13.8. The summed E-state index contributed by atoms with van der Waals surface area (Å²) in [7, 11) is 1.87. The molecule has 0 aliphatic carbocycles. The summed E-state index contributed by atoms with van der Waals surface area (Å²) in [6.07, 6.45) is 3.24. The molecule has 1 heterocycles. The average Bonchev–Trinajstić information content (AvgIpc) is 2.46. The predicted octanol–water partition coefficient (Wildman–Crippen LogP) is 3.00. The van der Waals surface area contributed by atoms with Crippen LogP contribution in [0, 0.1) is 0 Å². The van der Waals surface area contributed by atoms with Gasteiger partial charge >= 0.3 is 0 Å². The van der Waals surface area contributed by atoms with Crippen LogP contribution < -0.4 is 5.32 Å². The van der Waals surface area contributed by atoms with Gasteiger partial charge < -0.3 is 10.2 Å². The Morgan fingerprint density at radius 1 is 1.37 bits per heavy atom. The van der Waals surface area contributed by atoms with Gasteiger partial charge in [-0.05, 0) is 44.0 Å². The van der Waals surface area contributed by atoms with Crippen molar-refractivity contribution in [3.05, 3.63) is 34.9 Å². The summed E-state index contributed by atoms with van der Waals surface area (Å²) in [4.78, 5) is 14.2. The third-order valence-electron chi connectivity index (χ3n) is 3.89. The second-order valence-corrected chi connectivity index (χ2v) is 5.62. The van der Waals surface area contributed by atoms with E-state index in [-0.39, 0.29) is 18.0 Å². The summed E-state index contributed by atoms with van der Waals surface area (Å²) in [5, 5.41) is 4.02. The van der Waals surface area contributed by atoms with Gasteiger partial charge in [-0.2, -0.15) is 0 Å². The van der Waals surface area contributed by atoms with Crippen molar-refractivity contribution in [2.75, 3.05) is 13.6 Å². The van der Waals surface area contributed by atoms with Crippen molar-refractivity contribution in [1.29, 1.82) is 0 Å². The second kappa shape index (κ2) is 6.40. The van der Waals surface area contributed by atoms with Crippen LogP contribution in [0.25, 0.3) is 0 Å². The Labute approximate surface area is 119 Å². The third-order valence-corrected chi connectivity index (χ3v) is 4.14. The van der Waals surface area contributed by atoms with Crippen LogP contribution in [0.3, 0.4) is 0 Å². The summed E-state index contributed by atoms with van der Waals surface area (Å²) in [6, 6.07) is 7.73. The Morgan fingerprint density at radius 3 is 2.63 bits per heavy atom. The Hall–Kier alpha value is -1.06. The lowest BCUT2D eigenvalue weighted by molar-refractivity contribution is -0.134. The smallest absolute Gasteiger partial charge is 0.239 e. The normalized spacial score (nSPS) is 20.9. The number of amides is 1. The van der Waals surface area contributed by atoms with Gasteiger partial charge in [-0.25, -0.2) is 0 Å². The zero-order valence-corrected chi connectivity index (χ0v) is 12.3. The third kappa shape index (κ3) is 3.48. The molecule has 1 amide bonds. The van der Waals surface area contributed by atoms with Crippen LogP contribution in [0.15, 0.2) is 24.3 Å². The van der Waals surface area contributed by atoms with E-state index < -0.39 is 0 Å². The van der Waals surface area contributed by atoms with Crippen LogP contribution in [-0.2, 0) is 4.79 Å². The summed E-state index contributed by atoms with van der Waals surface area (Å²) in [5.41, 5.74) is 1.11. The number of likely N-dealkylation sites (N-methyl/N-ethyl adjacent to an activating group) is 1. The number of piperidine rings is 1. The number of halogens is 1. The Bertz CT molecular complexity index is 426. The fourth-order valence-electron chi connectivity index (χ4n) is 2.46. The van der Waals surface area contributed by atoms with Crippen LogP contribution in [0.1, 0.15) is 37.8 Å². The second-order valence-electron chi connectivity index (χ2n) is 5.18. The van der Waals surface area contributed by atoms with Gasteiger partial charge in [0.2, 0.25) is 5.91 Å². The summed E-state index contributed by atoms with van der Waals surface area (Å²) < 4.78 is 0. The molecule has 1 saturated heterocycles. The summed E-state index contributed by atoms with van der Waals surface area (Å²) >= 11 is 5.89. The fourth-order valence-corrected chi connectivity index (χ4v) is 2.59. The van der Waals surface area contributed by atoms with E-state index in [1.807, 2.05) is 43.1 Å². The molecular formula is C15H21ClN2O. The van der Waals surface area contributed by atoms with Crippen molar-refractivity contribution in [1.82, 2.24) is 10.2 Å². The largest absolute Gasteiger partial charge is 0.338 e. The number of nitrogens with zero attached hydrogens (tertiary/aromatic N) is 1. The topological polar surface area (TPSA) is 32.3 Å². The quantitative estimate of drug-likeness (QED) is 0.923. The van der Waals surface area contributed by atoms with Gasteiger partial charge in [-0.15, -0.1) is 0 Å². The van der Waals surface area contributed by atoms with Crippen LogP contribution >= 0.6 is 11.6 Å². The highest BCUT2D eigenvalue weighted by Crippen LogP contribution is 2.22. The molecule has 0 radical (unpaired) electrons. The number of rotatable bonds is 3. The predicted molar refractivity (Wildman–Crippen MR) is 78.3 cm³/mol. The molecule has 4 heteroatoms. The van der Waals surface area contributed by atoms with Crippen molar-refractivity contribution in [2.45, 2.75) is 38.3 Å². The lowest BCUT2D eigenvalue weighted by Gasteiger charge is -2.31. The van der Waals surface area contributed by atoms with Crippen molar-refractivity contribution < 1.29 is 4.79 Å². The summed E-state index contributed by atoms with van der Waals surface area (Å²) in [6.45, 7) is 2.99. The molecule has 1 aromatic rings. The van der Waals surface area contributed by atoms with Gasteiger partial charge in [0.15, 0.2) is 0 Å². The minimum absolute atomic E-state index is 0.0199. The fraction of sp³-hybridized carbons (Fsp3) is 0.533. The minimum Gasteiger partial charge on any atom is -0.338 e. The van der Waals surface area contributed by atoms with E-state index in [4.69, 9.17) is 11.6 Å². The molecule has 2 unspecified atom stereocenters. The first-order valence-corrected chi connectivity index (χ1v) is 7.23. The number of benzene rings is 1. The molecule has 1 aromatic carbocycles. The number of carbonyl (C=O) groups is 1. The first-order valence-electron chi connectivity index (χ1n) is 6.85. The van der Waals surface area contributed by atoms with Crippen molar-refractivity contribution in [2.24, 2.45) is 0 Å². The SMILES string of the molecule is CC(c1ccc(Cl)cc1)N(C)C(=O)C1CCCCN1. The molecule has 1 N–H and O–H groups in total. The van der Waals surface area contributed by atoms with Gasteiger partial charge in [0, 0.05) is 12.1 Å². The molecule has 104 valence electrons. The molecule has 0 bridgehead atoms. The maximum absolute atomic E-state index is 12.4. The monoisotopic (exact) mass is 280 g/mol. The molecule has 1 aliphatic rings. The van der Waals surface area contributed by atoms with Gasteiger partial charge in [0.1, 0.15) is 0 Å². The van der Waals surface area contributed by atoms with Crippen LogP contribution in [0.2, 0.25) is 5.02 Å². The maximum Gasteiger partial charge on any atom is 0.239 e. The molecule has 19 heavy (non-hydrogen) atoms. The van der Waals surface area contributed by atoms with E-state index in [2.05, 4.69) is 5.32 Å². The first kappa shape index (κ1) is 14.4. The number of carbonyl (C=O) groups excluding carboxylic acids is 1. The molecule has 0 aromatic heterocycles. The van der Waals surface area contributed by atoms with Crippen LogP contribution in [0.4, 0.5) is 0 Å². The highest BCUT2D eigenvalue weighted by molar-refractivity contribution is 6.30. The van der Waals surface area contributed by atoms with E-state index in [0.717, 1.165) is 30.0 Å². The standard InChI is InChI=1S/C15H21ClN2O/c1-11(12-6-8-13(16)9-7-12)18(2)15(19)14-5-3-4-10-17-14/h6-9,11,14,17H,3-5,10H2,1-2H3. The van der Waals surface area contributed by atoms with Crippen molar-refractivity contribution >= 4 is 17.5 Å². The Morgan fingerprint density at radius 2 is 2.05 bits per heavy atom. The lowest BCUT2D eigenvalue weighted by Crippen LogP contribution is -2.47. The number of nitrogens with one attached hydrogen (secondary N) is 1. The van der Waals surface area contributed by atoms with E-state index in [9.17, 15) is 4.79 Å². The minimum atomic E-state index is -0.0199. The first-order chi connectivity index (χ1) is 9.09. The van der Waals surface area contributed by atoms with Crippen LogP contribution in [-0.4, -0.2) is 30.4 Å². The molecule has 2 atom stereocenters. The van der Waals surface area contributed by atoms with E-state index in [1.165, 1.54) is 6.42 Å². The maximum atomic E-state index is 12.4. The highest BCUT2D eigenvalue weighted by Gasteiger charge is 2.26. The van der Waals surface area contributed by atoms with Crippen molar-refractivity contribution in [3.8, 4) is 0 Å². The van der Waals surface area contributed by atoms with Gasteiger partial charge in [-0.1, -0.05) is 30.2 Å². The molecule has 3 nitrogen and oxygen atoms in total. The zero-order valence-electron chi connectivity index (χ0n) is 11.5. The molecule has 0 spiro atoms. The number of hydrogen-bond donors (Lipinski definition) is 1. The summed E-state index contributed by atoms with van der Waals surface area (Å²) in [5.74, 6) is 0.183.